The van der Waals surface area contributed by atoms with E-state index in [0.29, 0.717) is 5.92 Å². The lowest BCUT2D eigenvalue weighted by Crippen LogP contribution is -1.84. The van der Waals surface area contributed by atoms with Gasteiger partial charge in [0, 0.05) is 5.57 Å². The Bertz CT molecular complexity index is 209. The summed E-state index contributed by atoms with van der Waals surface area (Å²) in [6.07, 6.45) is 10.5. The molecule has 0 aromatic heterocycles. The SMILES string of the molecule is CC1C=CC=CC(C=O)=C1. The first kappa shape index (κ1) is 7.00. The summed E-state index contributed by atoms with van der Waals surface area (Å²) in [4.78, 5) is 10.3. The maximum Gasteiger partial charge on any atom is 0.149 e. The van der Waals surface area contributed by atoms with E-state index in [1.165, 1.54) is 0 Å². The molecule has 10 heavy (non-hydrogen) atoms. The molecule has 0 fully saturated rings. The second-order valence-corrected chi connectivity index (χ2v) is 2.39. The van der Waals surface area contributed by atoms with E-state index >= 15 is 0 Å². The van der Waals surface area contributed by atoms with Crippen LogP contribution in [-0.4, -0.2) is 6.29 Å². The summed E-state index contributed by atoms with van der Waals surface area (Å²) >= 11 is 0. The molecular weight excluding hydrogens is 124 g/mol. The van der Waals surface area contributed by atoms with Gasteiger partial charge in [-0.2, -0.15) is 0 Å². The van der Waals surface area contributed by atoms with Crippen LogP contribution < -0.4 is 0 Å². The van der Waals surface area contributed by atoms with Gasteiger partial charge in [0.2, 0.25) is 0 Å². The summed E-state index contributed by atoms with van der Waals surface area (Å²) in [7, 11) is 0. The average molecular weight is 134 g/mol. The van der Waals surface area contributed by atoms with Crippen LogP contribution in [0, 0.1) is 5.92 Å². The van der Waals surface area contributed by atoms with Gasteiger partial charge in [0.05, 0.1) is 0 Å². The highest BCUT2D eigenvalue weighted by molar-refractivity contribution is 5.77. The predicted molar refractivity (Wildman–Crippen MR) is 41.6 cm³/mol. The van der Waals surface area contributed by atoms with E-state index in [1.54, 1.807) is 0 Å². The quantitative estimate of drug-likeness (QED) is 0.500. The van der Waals surface area contributed by atoms with Gasteiger partial charge in [0.1, 0.15) is 6.29 Å². The van der Waals surface area contributed by atoms with Crippen LogP contribution in [-0.2, 0) is 4.79 Å². The summed E-state index contributed by atoms with van der Waals surface area (Å²) in [6, 6.07) is 0. The fourth-order valence-electron chi connectivity index (χ4n) is 0.899. The second-order valence-electron chi connectivity index (χ2n) is 2.39. The van der Waals surface area contributed by atoms with Gasteiger partial charge in [0.15, 0.2) is 0 Å². The molecule has 0 aromatic carbocycles. The summed E-state index contributed by atoms with van der Waals surface area (Å²) < 4.78 is 0. The molecule has 1 rings (SSSR count). The van der Waals surface area contributed by atoms with E-state index < -0.39 is 0 Å². The van der Waals surface area contributed by atoms with Crippen LogP contribution in [0.3, 0.4) is 0 Å². The molecule has 1 heteroatoms. The molecule has 0 bridgehead atoms. The smallest absolute Gasteiger partial charge is 0.149 e. The van der Waals surface area contributed by atoms with Gasteiger partial charge in [-0.15, -0.1) is 0 Å². The first-order valence-corrected chi connectivity index (χ1v) is 3.35. The van der Waals surface area contributed by atoms with Gasteiger partial charge < -0.3 is 0 Å². The van der Waals surface area contributed by atoms with Gasteiger partial charge in [-0.3, -0.25) is 4.79 Å². The van der Waals surface area contributed by atoms with E-state index in [-0.39, 0.29) is 0 Å². The van der Waals surface area contributed by atoms with E-state index in [1.807, 2.05) is 37.3 Å². The molecule has 0 saturated heterocycles. The first-order valence-electron chi connectivity index (χ1n) is 3.35. The number of hydrogen-bond acceptors (Lipinski definition) is 1. The summed E-state index contributed by atoms with van der Waals surface area (Å²) in [5.41, 5.74) is 0.762. The van der Waals surface area contributed by atoms with Gasteiger partial charge in [0.25, 0.3) is 0 Å². The molecule has 1 aliphatic carbocycles. The van der Waals surface area contributed by atoms with Gasteiger partial charge >= 0.3 is 0 Å². The van der Waals surface area contributed by atoms with Crippen molar-refractivity contribution in [3.63, 3.8) is 0 Å². The lowest BCUT2D eigenvalue weighted by Gasteiger charge is -1.94. The number of hydrogen-bond donors (Lipinski definition) is 0. The van der Waals surface area contributed by atoms with Crippen LogP contribution in [0.15, 0.2) is 36.0 Å². The van der Waals surface area contributed by atoms with Crippen molar-refractivity contribution in [3.05, 3.63) is 36.0 Å². The van der Waals surface area contributed by atoms with Crippen LogP contribution in [0.1, 0.15) is 6.92 Å². The Morgan fingerprint density at radius 1 is 1.50 bits per heavy atom. The van der Waals surface area contributed by atoms with Crippen LogP contribution in [0.4, 0.5) is 0 Å². The van der Waals surface area contributed by atoms with E-state index in [2.05, 4.69) is 0 Å². The zero-order chi connectivity index (χ0) is 7.40. The maximum absolute atomic E-state index is 10.3. The molecule has 0 heterocycles. The number of allylic oxidation sites excluding steroid dienone is 6. The standard InChI is InChI=1S/C9H10O/c1-8-4-2-3-5-9(6-8)7-10/h2-8H,1H3. The second kappa shape index (κ2) is 3.16. The first-order chi connectivity index (χ1) is 4.83. The third-order valence-corrected chi connectivity index (χ3v) is 1.41. The van der Waals surface area contributed by atoms with Crippen molar-refractivity contribution < 1.29 is 4.79 Å². The Morgan fingerprint density at radius 2 is 2.30 bits per heavy atom. The molecule has 1 aliphatic rings. The van der Waals surface area contributed by atoms with Crippen molar-refractivity contribution in [2.24, 2.45) is 5.92 Å². The largest absolute Gasteiger partial charge is 0.298 e. The molecule has 0 saturated carbocycles. The average Bonchev–Trinajstić information content (AvgIpc) is 2.13. The molecule has 0 radical (unpaired) electrons. The Morgan fingerprint density at radius 3 is 3.00 bits per heavy atom. The van der Waals surface area contributed by atoms with Crippen molar-refractivity contribution in [2.45, 2.75) is 6.92 Å². The molecule has 1 unspecified atom stereocenters. The van der Waals surface area contributed by atoms with E-state index in [4.69, 9.17) is 0 Å². The van der Waals surface area contributed by atoms with Crippen LogP contribution >= 0.6 is 0 Å². The fraction of sp³-hybridized carbons (Fsp3) is 0.222. The Kier molecular flexibility index (Phi) is 2.21. The number of carbonyl (C=O) groups is 1. The van der Waals surface area contributed by atoms with Gasteiger partial charge in [-0.1, -0.05) is 37.3 Å². The van der Waals surface area contributed by atoms with Crippen molar-refractivity contribution in [1.82, 2.24) is 0 Å². The molecule has 52 valence electrons. The zero-order valence-electron chi connectivity index (χ0n) is 5.95. The van der Waals surface area contributed by atoms with Crippen LogP contribution in [0.2, 0.25) is 0 Å². The summed E-state index contributed by atoms with van der Waals surface area (Å²) in [5, 5.41) is 0. The fourth-order valence-corrected chi connectivity index (χ4v) is 0.899. The van der Waals surface area contributed by atoms with E-state index in [0.717, 1.165) is 11.9 Å². The van der Waals surface area contributed by atoms with Crippen molar-refractivity contribution in [2.75, 3.05) is 0 Å². The molecule has 0 amide bonds. The minimum absolute atomic E-state index is 0.371. The normalized spacial score (nSPS) is 23.7. The van der Waals surface area contributed by atoms with Crippen molar-refractivity contribution in [3.8, 4) is 0 Å². The lowest BCUT2D eigenvalue weighted by molar-refractivity contribution is -0.104. The Balaban J connectivity index is 2.83. The number of carbonyl (C=O) groups excluding carboxylic acids is 1. The molecule has 1 nitrogen and oxygen atoms in total. The summed E-state index contributed by atoms with van der Waals surface area (Å²) in [6.45, 7) is 2.05. The minimum atomic E-state index is 0.371. The topological polar surface area (TPSA) is 17.1 Å². The van der Waals surface area contributed by atoms with Gasteiger partial charge in [-0.05, 0) is 5.92 Å². The van der Waals surface area contributed by atoms with Crippen LogP contribution in [0.5, 0.6) is 0 Å². The summed E-state index contributed by atoms with van der Waals surface area (Å²) in [5.74, 6) is 0.371. The molecule has 0 spiro atoms. The van der Waals surface area contributed by atoms with Crippen LogP contribution in [0.25, 0.3) is 0 Å². The third kappa shape index (κ3) is 1.69. The molecule has 0 aromatic rings. The van der Waals surface area contributed by atoms with Gasteiger partial charge in [-0.25, -0.2) is 0 Å². The highest BCUT2D eigenvalue weighted by Crippen LogP contribution is 2.08. The van der Waals surface area contributed by atoms with Crippen molar-refractivity contribution in [1.29, 1.82) is 0 Å². The highest BCUT2D eigenvalue weighted by Gasteiger charge is 1.96. The number of aldehydes is 1. The maximum atomic E-state index is 10.3. The number of rotatable bonds is 1. The zero-order valence-corrected chi connectivity index (χ0v) is 5.95. The Hall–Kier alpha value is -1.11. The lowest BCUT2D eigenvalue weighted by atomic mass is 10.1. The molecule has 0 N–H and O–H groups in total. The monoisotopic (exact) mass is 134 g/mol. The predicted octanol–water partition coefficient (Wildman–Crippen LogP) is 1.87. The molecular formula is C9H10O. The van der Waals surface area contributed by atoms with Crippen molar-refractivity contribution >= 4 is 6.29 Å². The third-order valence-electron chi connectivity index (χ3n) is 1.41. The minimum Gasteiger partial charge on any atom is -0.298 e. The highest BCUT2D eigenvalue weighted by atomic mass is 16.1. The Labute approximate surface area is 60.7 Å². The van der Waals surface area contributed by atoms with E-state index in [9.17, 15) is 4.79 Å². The molecule has 0 aliphatic heterocycles. The molecule has 1 atom stereocenters.